The fourth-order valence-electron chi connectivity index (χ4n) is 2.10. The van der Waals surface area contributed by atoms with Gasteiger partial charge in [-0.1, -0.05) is 28.1 Å². The van der Waals surface area contributed by atoms with Gasteiger partial charge in [0.2, 0.25) is 0 Å². The molecule has 5 heteroatoms. The molecule has 0 saturated heterocycles. The molecule has 4 nitrogen and oxygen atoms in total. The molecule has 0 amide bonds. The fraction of sp³-hybridized carbons (Fsp3) is 0.250. The molecule has 2 N–H and O–H groups in total. The van der Waals surface area contributed by atoms with Crippen molar-refractivity contribution in [2.24, 2.45) is 5.84 Å². The van der Waals surface area contributed by atoms with E-state index < -0.39 is 0 Å². The molecule has 0 fully saturated rings. The van der Waals surface area contributed by atoms with Gasteiger partial charge in [0, 0.05) is 11.5 Å². The van der Waals surface area contributed by atoms with Gasteiger partial charge in [-0.05, 0) is 36.8 Å². The first kappa shape index (κ1) is 15.7. The number of nitrogens with two attached hydrogens (primary N) is 1. The summed E-state index contributed by atoms with van der Waals surface area (Å²) in [4.78, 5) is 0. The van der Waals surface area contributed by atoms with E-state index in [1.165, 1.54) is 0 Å². The third kappa shape index (κ3) is 3.68. The van der Waals surface area contributed by atoms with E-state index in [1.54, 1.807) is 19.2 Å². The Kier molecular flexibility index (Phi) is 5.09. The van der Waals surface area contributed by atoms with Gasteiger partial charge in [0.25, 0.3) is 0 Å². The number of hydrogen-bond acceptors (Lipinski definition) is 4. The molecule has 2 aromatic rings. The molecular formula is C16H19BrN2O2. The van der Waals surface area contributed by atoms with Crippen LogP contribution in [-0.4, -0.2) is 14.2 Å². The van der Waals surface area contributed by atoms with Gasteiger partial charge >= 0.3 is 0 Å². The van der Waals surface area contributed by atoms with Crippen LogP contribution in [0.5, 0.6) is 11.5 Å². The van der Waals surface area contributed by atoms with Crippen molar-refractivity contribution in [2.45, 2.75) is 13.5 Å². The Bertz CT molecular complexity index is 630. The molecule has 0 saturated carbocycles. The van der Waals surface area contributed by atoms with Gasteiger partial charge in [-0.25, -0.2) is 5.84 Å². The zero-order valence-corrected chi connectivity index (χ0v) is 14.0. The van der Waals surface area contributed by atoms with Crippen LogP contribution < -0.4 is 20.3 Å². The molecule has 0 aromatic heterocycles. The van der Waals surface area contributed by atoms with Gasteiger partial charge < -0.3 is 14.5 Å². The number of benzene rings is 2. The van der Waals surface area contributed by atoms with E-state index in [2.05, 4.69) is 15.9 Å². The van der Waals surface area contributed by atoms with Gasteiger partial charge in [-0.3, -0.25) is 0 Å². The van der Waals surface area contributed by atoms with Crippen LogP contribution in [-0.2, 0) is 6.61 Å². The van der Waals surface area contributed by atoms with Crippen molar-refractivity contribution in [3.05, 3.63) is 52.0 Å². The summed E-state index contributed by atoms with van der Waals surface area (Å²) < 4.78 is 12.3. The van der Waals surface area contributed by atoms with E-state index in [9.17, 15) is 0 Å². The van der Waals surface area contributed by atoms with Gasteiger partial charge in [-0.15, -0.1) is 0 Å². The average molecular weight is 351 g/mol. The van der Waals surface area contributed by atoms with Crippen LogP contribution in [0.4, 0.5) is 5.69 Å². The molecule has 0 aliphatic carbocycles. The lowest BCUT2D eigenvalue weighted by Gasteiger charge is -2.20. The first-order valence-electron chi connectivity index (χ1n) is 6.56. The van der Waals surface area contributed by atoms with Crippen LogP contribution in [0.3, 0.4) is 0 Å². The third-order valence-electron chi connectivity index (χ3n) is 3.23. The van der Waals surface area contributed by atoms with E-state index in [1.807, 2.05) is 43.3 Å². The highest BCUT2D eigenvalue weighted by molar-refractivity contribution is 9.10. The Hall–Kier alpha value is -1.72. The summed E-state index contributed by atoms with van der Waals surface area (Å²) in [7, 11) is 3.44. The van der Waals surface area contributed by atoms with E-state index in [0.717, 1.165) is 32.8 Å². The summed E-state index contributed by atoms with van der Waals surface area (Å²) in [6.07, 6.45) is 0. The number of halogens is 1. The van der Waals surface area contributed by atoms with Crippen molar-refractivity contribution in [1.82, 2.24) is 0 Å². The predicted molar refractivity (Wildman–Crippen MR) is 88.8 cm³/mol. The summed E-state index contributed by atoms with van der Waals surface area (Å²) in [6.45, 7) is 2.40. The number of hydrogen-bond donors (Lipinski definition) is 1. The molecule has 0 heterocycles. The van der Waals surface area contributed by atoms with Crippen LogP contribution >= 0.6 is 15.9 Å². The molecule has 2 aromatic carbocycles. The summed E-state index contributed by atoms with van der Waals surface area (Å²) >= 11 is 3.46. The average Bonchev–Trinajstić information content (AvgIpc) is 2.47. The number of rotatable bonds is 5. The van der Waals surface area contributed by atoms with E-state index in [0.29, 0.717) is 6.61 Å². The number of nitrogens with zero attached hydrogens (tertiary/aromatic N) is 1. The van der Waals surface area contributed by atoms with Crippen molar-refractivity contribution in [2.75, 3.05) is 19.2 Å². The van der Waals surface area contributed by atoms with Gasteiger partial charge in [0.1, 0.15) is 18.1 Å². The van der Waals surface area contributed by atoms with Gasteiger partial charge in [0.15, 0.2) is 0 Å². The lowest BCUT2D eigenvalue weighted by Crippen LogP contribution is -2.26. The van der Waals surface area contributed by atoms with Crippen LogP contribution in [0.1, 0.15) is 11.1 Å². The van der Waals surface area contributed by atoms with Crippen LogP contribution in [0.15, 0.2) is 40.9 Å². The predicted octanol–water partition coefficient (Wildman–Crippen LogP) is 3.66. The number of anilines is 1. The van der Waals surface area contributed by atoms with Crippen molar-refractivity contribution < 1.29 is 9.47 Å². The molecule has 0 atom stereocenters. The summed E-state index contributed by atoms with van der Waals surface area (Å²) in [5.41, 5.74) is 2.88. The molecule has 0 aliphatic rings. The Balaban J connectivity index is 2.29. The molecule has 0 spiro atoms. The fourth-order valence-corrected chi connectivity index (χ4v) is 2.44. The summed E-state index contributed by atoms with van der Waals surface area (Å²) in [5, 5.41) is 1.56. The Morgan fingerprint density at radius 3 is 2.62 bits per heavy atom. The van der Waals surface area contributed by atoms with Crippen molar-refractivity contribution in [3.8, 4) is 11.5 Å². The minimum absolute atomic E-state index is 0.387. The number of methoxy groups -OCH3 is 1. The SMILES string of the molecule is COc1cccc(N(C)N)c1COc1cc(Br)ccc1C. The molecule has 0 bridgehead atoms. The highest BCUT2D eigenvalue weighted by Gasteiger charge is 2.12. The topological polar surface area (TPSA) is 47.7 Å². The Labute approximate surface area is 133 Å². The van der Waals surface area contributed by atoms with E-state index >= 15 is 0 Å². The Morgan fingerprint density at radius 2 is 1.95 bits per heavy atom. The molecule has 2 rings (SSSR count). The largest absolute Gasteiger partial charge is 0.496 e. The second kappa shape index (κ2) is 6.83. The quantitative estimate of drug-likeness (QED) is 0.660. The highest BCUT2D eigenvalue weighted by atomic mass is 79.9. The van der Waals surface area contributed by atoms with Crippen molar-refractivity contribution in [3.63, 3.8) is 0 Å². The maximum absolute atomic E-state index is 5.94. The van der Waals surface area contributed by atoms with Crippen LogP contribution in [0.25, 0.3) is 0 Å². The molecule has 0 radical (unpaired) electrons. The third-order valence-corrected chi connectivity index (χ3v) is 3.72. The van der Waals surface area contributed by atoms with Crippen LogP contribution in [0, 0.1) is 6.92 Å². The zero-order chi connectivity index (χ0) is 15.4. The number of hydrazine groups is 1. The van der Waals surface area contributed by atoms with E-state index in [-0.39, 0.29) is 0 Å². The maximum Gasteiger partial charge on any atom is 0.127 e. The second-order valence-electron chi connectivity index (χ2n) is 4.77. The van der Waals surface area contributed by atoms with Crippen molar-refractivity contribution >= 4 is 21.6 Å². The molecule has 0 aliphatic heterocycles. The summed E-state index contributed by atoms with van der Waals surface area (Å²) in [5.74, 6) is 7.47. The van der Waals surface area contributed by atoms with Crippen LogP contribution in [0.2, 0.25) is 0 Å². The minimum atomic E-state index is 0.387. The lowest BCUT2D eigenvalue weighted by atomic mass is 10.1. The first-order valence-corrected chi connectivity index (χ1v) is 7.35. The summed E-state index contributed by atoms with van der Waals surface area (Å²) in [6, 6.07) is 11.7. The molecular weight excluding hydrogens is 332 g/mol. The standard InChI is InChI=1S/C16H19BrN2O2/c1-11-7-8-12(17)9-16(11)21-10-13-14(19(2)18)5-4-6-15(13)20-3/h4-9H,10,18H2,1-3H3. The highest BCUT2D eigenvalue weighted by Crippen LogP contribution is 2.30. The minimum Gasteiger partial charge on any atom is -0.496 e. The number of aryl methyl sites for hydroxylation is 1. The Morgan fingerprint density at radius 1 is 1.19 bits per heavy atom. The normalized spacial score (nSPS) is 10.3. The second-order valence-corrected chi connectivity index (χ2v) is 5.68. The smallest absolute Gasteiger partial charge is 0.127 e. The molecule has 112 valence electrons. The number of ether oxygens (including phenoxy) is 2. The monoisotopic (exact) mass is 350 g/mol. The molecule has 0 unspecified atom stereocenters. The lowest BCUT2D eigenvalue weighted by molar-refractivity contribution is 0.295. The van der Waals surface area contributed by atoms with Crippen molar-refractivity contribution in [1.29, 1.82) is 0 Å². The van der Waals surface area contributed by atoms with Gasteiger partial charge in [0.05, 0.1) is 18.4 Å². The maximum atomic E-state index is 5.94. The van der Waals surface area contributed by atoms with E-state index in [4.69, 9.17) is 15.3 Å². The van der Waals surface area contributed by atoms with Gasteiger partial charge in [-0.2, -0.15) is 0 Å². The first-order chi connectivity index (χ1) is 10.0. The molecule has 21 heavy (non-hydrogen) atoms. The zero-order valence-electron chi connectivity index (χ0n) is 12.4.